The highest BCUT2D eigenvalue weighted by molar-refractivity contribution is 5.49. The Morgan fingerprint density at radius 1 is 1.20 bits per heavy atom. The zero-order chi connectivity index (χ0) is 13.9. The van der Waals surface area contributed by atoms with Gasteiger partial charge < -0.3 is 14.8 Å². The fraction of sp³-hybridized carbons (Fsp3) is 0.312. The van der Waals surface area contributed by atoms with Crippen molar-refractivity contribution in [2.24, 2.45) is 0 Å². The molecule has 104 valence electrons. The SMILES string of the molecule is COc1cccc(OCc2ccc3c(n2)NCC3)c1C. The summed E-state index contributed by atoms with van der Waals surface area (Å²) in [4.78, 5) is 4.57. The molecule has 20 heavy (non-hydrogen) atoms. The van der Waals surface area contributed by atoms with E-state index in [1.807, 2.05) is 31.2 Å². The average molecular weight is 270 g/mol. The van der Waals surface area contributed by atoms with Crippen molar-refractivity contribution in [1.29, 1.82) is 0 Å². The van der Waals surface area contributed by atoms with Crippen LogP contribution in [0.2, 0.25) is 0 Å². The molecule has 2 heterocycles. The normalized spacial score (nSPS) is 12.7. The van der Waals surface area contributed by atoms with Crippen LogP contribution in [0.25, 0.3) is 0 Å². The van der Waals surface area contributed by atoms with E-state index in [1.54, 1.807) is 7.11 Å². The Balaban J connectivity index is 1.73. The van der Waals surface area contributed by atoms with E-state index in [4.69, 9.17) is 9.47 Å². The van der Waals surface area contributed by atoms with Gasteiger partial charge in [-0.25, -0.2) is 4.98 Å². The molecule has 4 heteroatoms. The predicted octanol–water partition coefficient (Wildman–Crippen LogP) is 2.95. The number of aromatic nitrogens is 1. The average Bonchev–Trinajstić information content (AvgIpc) is 2.93. The van der Waals surface area contributed by atoms with E-state index >= 15 is 0 Å². The first-order chi connectivity index (χ1) is 9.78. The molecule has 1 aliphatic heterocycles. The van der Waals surface area contributed by atoms with Gasteiger partial charge in [-0.15, -0.1) is 0 Å². The standard InChI is InChI=1S/C16H18N2O2/c1-11-14(19-2)4-3-5-15(11)20-10-13-7-6-12-8-9-17-16(12)18-13/h3-7H,8-10H2,1-2H3,(H,17,18). The van der Waals surface area contributed by atoms with E-state index in [1.165, 1.54) is 5.56 Å². The number of hydrogen-bond acceptors (Lipinski definition) is 4. The van der Waals surface area contributed by atoms with Crippen LogP contribution in [0, 0.1) is 6.92 Å². The van der Waals surface area contributed by atoms with Crippen LogP contribution >= 0.6 is 0 Å². The number of pyridine rings is 1. The Hall–Kier alpha value is -2.23. The van der Waals surface area contributed by atoms with Crippen LogP contribution < -0.4 is 14.8 Å². The number of rotatable bonds is 4. The van der Waals surface area contributed by atoms with Gasteiger partial charge in [-0.3, -0.25) is 0 Å². The molecule has 3 rings (SSSR count). The molecule has 0 bridgehead atoms. The number of nitrogens with zero attached hydrogens (tertiary/aromatic N) is 1. The lowest BCUT2D eigenvalue weighted by atomic mass is 10.2. The molecule has 0 amide bonds. The van der Waals surface area contributed by atoms with Crippen molar-refractivity contribution < 1.29 is 9.47 Å². The number of fused-ring (bicyclic) bond motifs is 1. The number of ether oxygens (including phenoxy) is 2. The molecule has 1 N–H and O–H groups in total. The summed E-state index contributed by atoms with van der Waals surface area (Å²) >= 11 is 0. The second-order valence-corrected chi connectivity index (χ2v) is 4.86. The van der Waals surface area contributed by atoms with Crippen LogP contribution in [0.5, 0.6) is 11.5 Å². The van der Waals surface area contributed by atoms with Gasteiger partial charge in [0.1, 0.15) is 23.9 Å². The van der Waals surface area contributed by atoms with Crippen molar-refractivity contribution in [3.05, 3.63) is 47.2 Å². The lowest BCUT2D eigenvalue weighted by Gasteiger charge is -2.12. The first-order valence-corrected chi connectivity index (χ1v) is 6.77. The minimum atomic E-state index is 0.461. The summed E-state index contributed by atoms with van der Waals surface area (Å²) in [7, 11) is 1.67. The summed E-state index contributed by atoms with van der Waals surface area (Å²) in [6.07, 6.45) is 1.05. The summed E-state index contributed by atoms with van der Waals surface area (Å²) in [5, 5.41) is 3.28. The van der Waals surface area contributed by atoms with Crippen molar-refractivity contribution >= 4 is 5.82 Å². The van der Waals surface area contributed by atoms with Gasteiger partial charge in [-0.2, -0.15) is 0 Å². The first kappa shape index (κ1) is 12.8. The summed E-state index contributed by atoms with van der Waals surface area (Å²) in [6.45, 7) is 3.43. The molecule has 4 nitrogen and oxygen atoms in total. The maximum absolute atomic E-state index is 5.85. The van der Waals surface area contributed by atoms with Crippen molar-refractivity contribution in [1.82, 2.24) is 4.98 Å². The van der Waals surface area contributed by atoms with Crippen molar-refractivity contribution in [3.8, 4) is 11.5 Å². The molecule has 0 atom stereocenters. The first-order valence-electron chi connectivity index (χ1n) is 6.77. The monoisotopic (exact) mass is 270 g/mol. The third-order valence-corrected chi connectivity index (χ3v) is 3.55. The van der Waals surface area contributed by atoms with Crippen LogP contribution in [0.1, 0.15) is 16.8 Å². The molecule has 0 unspecified atom stereocenters. The van der Waals surface area contributed by atoms with E-state index < -0.39 is 0 Å². The number of nitrogens with one attached hydrogen (secondary N) is 1. The van der Waals surface area contributed by atoms with Crippen LogP contribution in [0.15, 0.2) is 30.3 Å². The quantitative estimate of drug-likeness (QED) is 0.927. The Labute approximate surface area is 118 Å². The molecule has 0 spiro atoms. The van der Waals surface area contributed by atoms with Crippen molar-refractivity contribution in [3.63, 3.8) is 0 Å². The highest BCUT2D eigenvalue weighted by Crippen LogP contribution is 2.28. The van der Waals surface area contributed by atoms with Crippen LogP contribution in [0.3, 0.4) is 0 Å². The number of anilines is 1. The van der Waals surface area contributed by atoms with E-state index in [-0.39, 0.29) is 0 Å². The maximum atomic E-state index is 5.85. The number of benzene rings is 1. The topological polar surface area (TPSA) is 43.4 Å². The molecule has 0 radical (unpaired) electrons. The van der Waals surface area contributed by atoms with Gasteiger partial charge in [0.15, 0.2) is 0 Å². The lowest BCUT2D eigenvalue weighted by Crippen LogP contribution is -2.02. The van der Waals surface area contributed by atoms with Crippen LogP contribution in [-0.2, 0) is 13.0 Å². The molecule has 0 saturated carbocycles. The summed E-state index contributed by atoms with van der Waals surface area (Å²) in [5.74, 6) is 2.67. The molecule has 1 aliphatic rings. The lowest BCUT2D eigenvalue weighted by molar-refractivity contribution is 0.296. The molecule has 1 aromatic heterocycles. The van der Waals surface area contributed by atoms with Gasteiger partial charge in [0.2, 0.25) is 0 Å². The van der Waals surface area contributed by atoms with Gasteiger partial charge in [0.05, 0.1) is 12.8 Å². The fourth-order valence-electron chi connectivity index (χ4n) is 2.40. The highest BCUT2D eigenvalue weighted by atomic mass is 16.5. The van der Waals surface area contributed by atoms with E-state index in [2.05, 4.69) is 16.4 Å². The molecule has 0 fully saturated rings. The zero-order valence-electron chi connectivity index (χ0n) is 11.8. The molecule has 0 aliphatic carbocycles. The molecule has 1 aromatic carbocycles. The predicted molar refractivity (Wildman–Crippen MR) is 78.5 cm³/mol. The minimum absolute atomic E-state index is 0.461. The molecule has 2 aromatic rings. The van der Waals surface area contributed by atoms with Gasteiger partial charge in [-0.1, -0.05) is 12.1 Å². The van der Waals surface area contributed by atoms with Crippen molar-refractivity contribution in [2.75, 3.05) is 19.0 Å². The van der Waals surface area contributed by atoms with Gasteiger partial charge >= 0.3 is 0 Å². The third kappa shape index (κ3) is 2.41. The largest absolute Gasteiger partial charge is 0.496 e. The third-order valence-electron chi connectivity index (χ3n) is 3.55. The van der Waals surface area contributed by atoms with Gasteiger partial charge in [0, 0.05) is 12.1 Å². The van der Waals surface area contributed by atoms with Crippen LogP contribution in [0.4, 0.5) is 5.82 Å². The zero-order valence-corrected chi connectivity index (χ0v) is 11.8. The maximum Gasteiger partial charge on any atom is 0.130 e. The smallest absolute Gasteiger partial charge is 0.130 e. The summed E-state index contributed by atoms with van der Waals surface area (Å²) in [6, 6.07) is 9.96. The van der Waals surface area contributed by atoms with E-state index in [0.717, 1.165) is 41.5 Å². The summed E-state index contributed by atoms with van der Waals surface area (Å²) < 4.78 is 11.1. The summed E-state index contributed by atoms with van der Waals surface area (Å²) in [5.41, 5.74) is 3.22. The Morgan fingerprint density at radius 2 is 2.05 bits per heavy atom. The molecule has 0 saturated heterocycles. The number of methoxy groups -OCH3 is 1. The molecular formula is C16H18N2O2. The van der Waals surface area contributed by atoms with Gasteiger partial charge in [0.25, 0.3) is 0 Å². The fourth-order valence-corrected chi connectivity index (χ4v) is 2.40. The second-order valence-electron chi connectivity index (χ2n) is 4.86. The van der Waals surface area contributed by atoms with Crippen LogP contribution in [-0.4, -0.2) is 18.6 Å². The van der Waals surface area contributed by atoms with Gasteiger partial charge in [-0.05, 0) is 37.1 Å². The Kier molecular flexibility index (Phi) is 3.46. The highest BCUT2D eigenvalue weighted by Gasteiger charge is 2.12. The van der Waals surface area contributed by atoms with E-state index in [0.29, 0.717) is 6.61 Å². The molecular weight excluding hydrogens is 252 g/mol. The Morgan fingerprint density at radius 3 is 2.90 bits per heavy atom. The van der Waals surface area contributed by atoms with E-state index in [9.17, 15) is 0 Å². The van der Waals surface area contributed by atoms with Crippen molar-refractivity contribution in [2.45, 2.75) is 20.0 Å². The minimum Gasteiger partial charge on any atom is -0.496 e. The second kappa shape index (κ2) is 5.41. The Bertz CT molecular complexity index is 626. The number of hydrogen-bond donors (Lipinski definition) is 1.